The Morgan fingerprint density at radius 2 is 1.95 bits per heavy atom. The zero-order valence-electron chi connectivity index (χ0n) is 11.2. The van der Waals surface area contributed by atoms with E-state index in [1.165, 1.54) is 6.92 Å². The van der Waals surface area contributed by atoms with Gasteiger partial charge in [0.15, 0.2) is 6.04 Å². The minimum Gasteiger partial charge on any atom is -0.480 e. The van der Waals surface area contributed by atoms with Gasteiger partial charge in [-0.15, -0.1) is 0 Å². The molecular formula is C11H22N2O6. The van der Waals surface area contributed by atoms with Crippen LogP contribution >= 0.6 is 0 Å². The number of carbonyl (C=O) groups excluding carboxylic acids is 1. The van der Waals surface area contributed by atoms with Crippen LogP contribution in [0.5, 0.6) is 0 Å². The lowest BCUT2D eigenvalue weighted by Crippen LogP contribution is -2.51. The molecule has 0 aromatic heterocycles. The molecule has 0 radical (unpaired) electrons. The number of methoxy groups -OCH3 is 1. The van der Waals surface area contributed by atoms with E-state index in [0.717, 1.165) is 0 Å². The van der Waals surface area contributed by atoms with Crippen molar-refractivity contribution in [2.24, 2.45) is 0 Å². The van der Waals surface area contributed by atoms with Gasteiger partial charge in [-0.25, -0.2) is 9.59 Å². The molecular weight excluding hydrogens is 256 g/mol. The van der Waals surface area contributed by atoms with Crippen molar-refractivity contribution in [3.05, 3.63) is 0 Å². The Hall–Kier alpha value is -1.38. The average molecular weight is 278 g/mol. The molecule has 0 rings (SSSR count). The number of aliphatic carboxylic acids is 1. The van der Waals surface area contributed by atoms with Crippen LogP contribution in [0.15, 0.2) is 0 Å². The largest absolute Gasteiger partial charge is 0.480 e. The SMILES string of the molecule is COCCOCCCNC(=O)N[C@H](C(=O)O)[C@@H](C)O. The molecule has 0 unspecified atom stereocenters. The van der Waals surface area contributed by atoms with Gasteiger partial charge in [-0.05, 0) is 13.3 Å². The Morgan fingerprint density at radius 1 is 1.26 bits per heavy atom. The molecule has 8 heteroatoms. The summed E-state index contributed by atoms with van der Waals surface area (Å²) in [6.45, 7) is 3.13. The van der Waals surface area contributed by atoms with Gasteiger partial charge in [-0.2, -0.15) is 0 Å². The number of hydrogen-bond donors (Lipinski definition) is 4. The summed E-state index contributed by atoms with van der Waals surface area (Å²) in [6.07, 6.45) is -0.565. The number of rotatable bonds is 10. The van der Waals surface area contributed by atoms with Crippen molar-refractivity contribution in [3.63, 3.8) is 0 Å². The third kappa shape index (κ3) is 9.23. The smallest absolute Gasteiger partial charge is 0.328 e. The highest BCUT2D eigenvalue weighted by Gasteiger charge is 2.24. The zero-order chi connectivity index (χ0) is 14.7. The molecule has 4 N–H and O–H groups in total. The maximum absolute atomic E-state index is 11.3. The first-order valence-electron chi connectivity index (χ1n) is 6.01. The van der Waals surface area contributed by atoms with Gasteiger partial charge >= 0.3 is 12.0 Å². The fraction of sp³-hybridized carbons (Fsp3) is 0.818. The second kappa shape index (κ2) is 10.5. The van der Waals surface area contributed by atoms with Crippen LogP contribution < -0.4 is 10.6 Å². The summed E-state index contributed by atoms with van der Waals surface area (Å²) in [7, 11) is 1.58. The molecule has 0 saturated carbocycles. The number of nitrogens with one attached hydrogen (secondary N) is 2. The Kier molecular flexibility index (Phi) is 9.77. The average Bonchev–Trinajstić information content (AvgIpc) is 2.34. The first kappa shape index (κ1) is 17.6. The summed E-state index contributed by atoms with van der Waals surface area (Å²) < 4.78 is 9.97. The van der Waals surface area contributed by atoms with E-state index in [1.54, 1.807) is 7.11 Å². The van der Waals surface area contributed by atoms with E-state index in [2.05, 4.69) is 10.6 Å². The highest BCUT2D eigenvalue weighted by atomic mass is 16.5. The zero-order valence-corrected chi connectivity index (χ0v) is 11.2. The first-order valence-corrected chi connectivity index (χ1v) is 6.01. The third-order valence-corrected chi connectivity index (χ3v) is 2.22. The maximum atomic E-state index is 11.3. The number of aliphatic hydroxyl groups is 1. The number of carbonyl (C=O) groups is 2. The van der Waals surface area contributed by atoms with Crippen molar-refractivity contribution in [2.45, 2.75) is 25.5 Å². The molecule has 0 aliphatic heterocycles. The number of amides is 2. The number of hydrogen-bond acceptors (Lipinski definition) is 5. The Balaban J connectivity index is 3.66. The van der Waals surface area contributed by atoms with Gasteiger partial charge in [0, 0.05) is 20.3 Å². The van der Waals surface area contributed by atoms with Crippen LogP contribution in [0, 0.1) is 0 Å². The first-order chi connectivity index (χ1) is 8.99. The van der Waals surface area contributed by atoms with Crippen LogP contribution in [-0.4, -0.2) is 67.8 Å². The van der Waals surface area contributed by atoms with E-state index >= 15 is 0 Å². The van der Waals surface area contributed by atoms with Crippen molar-refractivity contribution in [2.75, 3.05) is 33.5 Å². The molecule has 0 heterocycles. The van der Waals surface area contributed by atoms with E-state index in [1.807, 2.05) is 0 Å². The highest BCUT2D eigenvalue weighted by Crippen LogP contribution is 1.92. The molecule has 2 amide bonds. The predicted octanol–water partition coefficient (Wildman–Crippen LogP) is -0.827. The second-order valence-corrected chi connectivity index (χ2v) is 3.92. The van der Waals surface area contributed by atoms with Crippen LogP contribution in [0.4, 0.5) is 4.79 Å². The molecule has 0 aliphatic rings. The van der Waals surface area contributed by atoms with Crippen LogP contribution in [0.2, 0.25) is 0 Å². The van der Waals surface area contributed by atoms with Gasteiger partial charge in [0.05, 0.1) is 19.3 Å². The topological polar surface area (TPSA) is 117 Å². The fourth-order valence-corrected chi connectivity index (χ4v) is 1.20. The van der Waals surface area contributed by atoms with Crippen LogP contribution in [-0.2, 0) is 14.3 Å². The number of ether oxygens (including phenoxy) is 2. The molecule has 0 saturated heterocycles. The van der Waals surface area contributed by atoms with E-state index in [4.69, 9.17) is 19.7 Å². The van der Waals surface area contributed by atoms with Crippen LogP contribution in [0.3, 0.4) is 0 Å². The molecule has 8 nitrogen and oxygen atoms in total. The summed E-state index contributed by atoms with van der Waals surface area (Å²) in [6, 6.07) is -1.96. The van der Waals surface area contributed by atoms with Crippen molar-refractivity contribution in [1.29, 1.82) is 0 Å². The lowest BCUT2D eigenvalue weighted by molar-refractivity contribution is -0.141. The van der Waals surface area contributed by atoms with Gasteiger partial charge in [-0.1, -0.05) is 0 Å². The van der Waals surface area contributed by atoms with Crippen LogP contribution in [0.1, 0.15) is 13.3 Å². The van der Waals surface area contributed by atoms with E-state index < -0.39 is 24.1 Å². The fourth-order valence-electron chi connectivity index (χ4n) is 1.20. The summed E-state index contributed by atoms with van der Waals surface area (Å²) in [5, 5.41) is 22.6. The van der Waals surface area contributed by atoms with Gasteiger partial charge in [0.25, 0.3) is 0 Å². The third-order valence-electron chi connectivity index (χ3n) is 2.22. The predicted molar refractivity (Wildman–Crippen MR) is 67.0 cm³/mol. The maximum Gasteiger partial charge on any atom is 0.328 e. The molecule has 0 fully saturated rings. The Morgan fingerprint density at radius 3 is 2.47 bits per heavy atom. The van der Waals surface area contributed by atoms with E-state index in [0.29, 0.717) is 32.8 Å². The van der Waals surface area contributed by atoms with Crippen molar-refractivity contribution < 1.29 is 29.3 Å². The molecule has 0 aromatic carbocycles. The monoisotopic (exact) mass is 278 g/mol. The summed E-state index contributed by atoms with van der Waals surface area (Å²) in [4.78, 5) is 22.1. The van der Waals surface area contributed by atoms with E-state index in [-0.39, 0.29) is 0 Å². The summed E-state index contributed by atoms with van der Waals surface area (Å²) in [5.74, 6) is -1.28. The minimum absolute atomic E-state index is 0.352. The number of carboxylic acid groups (broad SMARTS) is 1. The minimum atomic E-state index is -1.32. The second-order valence-electron chi connectivity index (χ2n) is 3.92. The molecule has 0 spiro atoms. The van der Waals surface area contributed by atoms with Crippen molar-refractivity contribution >= 4 is 12.0 Å². The quantitative estimate of drug-likeness (QED) is 0.388. The summed E-state index contributed by atoms with van der Waals surface area (Å²) in [5.41, 5.74) is 0. The lowest BCUT2D eigenvalue weighted by Gasteiger charge is -2.17. The Labute approximate surface area is 112 Å². The standard InChI is InChI=1S/C11H22N2O6/c1-8(14)9(10(15)16)13-11(17)12-4-3-5-19-7-6-18-2/h8-9,14H,3-7H2,1-2H3,(H,15,16)(H2,12,13,17)/t8-,9+/m1/s1. The molecule has 2 atom stereocenters. The van der Waals surface area contributed by atoms with E-state index in [9.17, 15) is 9.59 Å². The molecule has 0 aliphatic carbocycles. The van der Waals surface area contributed by atoms with Crippen LogP contribution in [0.25, 0.3) is 0 Å². The molecule has 0 aromatic rings. The molecule has 19 heavy (non-hydrogen) atoms. The molecule has 0 bridgehead atoms. The van der Waals surface area contributed by atoms with Crippen molar-refractivity contribution in [3.8, 4) is 0 Å². The lowest BCUT2D eigenvalue weighted by atomic mass is 10.2. The number of carboxylic acids is 1. The Bertz CT molecular complexity index is 272. The van der Waals surface area contributed by atoms with Gasteiger partial charge in [0.2, 0.25) is 0 Å². The summed E-state index contributed by atoms with van der Waals surface area (Å²) >= 11 is 0. The van der Waals surface area contributed by atoms with Gasteiger partial charge in [-0.3, -0.25) is 0 Å². The van der Waals surface area contributed by atoms with Gasteiger partial charge in [0.1, 0.15) is 0 Å². The number of aliphatic hydroxyl groups excluding tert-OH is 1. The normalized spacial score (nSPS) is 13.6. The number of urea groups is 1. The molecule has 112 valence electrons. The highest BCUT2D eigenvalue weighted by molar-refractivity contribution is 5.82. The van der Waals surface area contributed by atoms with Gasteiger partial charge < -0.3 is 30.3 Å². The van der Waals surface area contributed by atoms with Crippen molar-refractivity contribution in [1.82, 2.24) is 10.6 Å².